The zero-order chi connectivity index (χ0) is 20.4. The van der Waals surface area contributed by atoms with E-state index in [-0.39, 0.29) is 24.4 Å². The second-order valence-corrected chi connectivity index (χ2v) is 10.3. The third kappa shape index (κ3) is 5.04. The Hall–Kier alpha value is -1.11. The van der Waals surface area contributed by atoms with Crippen molar-refractivity contribution < 1.29 is 28.5 Å². The topological polar surface area (TPSA) is 120 Å². The number of fused-ring (bicyclic) bond motifs is 1. The number of alkyl carbamates (subject to hydrolysis) is 1. The first kappa shape index (κ1) is 22.2. The van der Waals surface area contributed by atoms with E-state index in [1.165, 1.54) is 35.5 Å². The number of β-lactam (4-membered cyclic amide) rings is 1. The summed E-state index contributed by atoms with van der Waals surface area (Å²) < 4.78 is 13.8. The number of thioether (sulfide) groups is 2. The van der Waals surface area contributed by atoms with Gasteiger partial charge in [0.25, 0.3) is 0 Å². The molecule has 0 saturated carbocycles. The minimum absolute atomic E-state index is 0.141. The third-order valence-electron chi connectivity index (χ3n) is 3.90. The van der Waals surface area contributed by atoms with Crippen molar-refractivity contribution in [2.75, 3.05) is 26.0 Å². The van der Waals surface area contributed by atoms with Crippen molar-refractivity contribution >= 4 is 49.5 Å². The van der Waals surface area contributed by atoms with Crippen LogP contribution in [0.4, 0.5) is 4.79 Å². The predicted octanol–water partition coefficient (Wildman–Crippen LogP) is -0.175. The van der Waals surface area contributed by atoms with Gasteiger partial charge in [0.05, 0.1) is 19.2 Å². The van der Waals surface area contributed by atoms with Crippen LogP contribution in [0.2, 0.25) is 0 Å². The molecule has 2 aliphatic rings. The molecule has 2 rings (SSSR count). The Morgan fingerprint density at radius 3 is 2.70 bits per heavy atom. The van der Waals surface area contributed by atoms with Gasteiger partial charge in [0, 0.05) is 12.9 Å². The second kappa shape index (κ2) is 8.50. The molecule has 0 aromatic heterocycles. The number of nitrogens with zero attached hydrogens (tertiary/aromatic N) is 1. The highest BCUT2D eigenvalue weighted by Gasteiger charge is 2.61. The highest BCUT2D eigenvalue weighted by Crippen LogP contribution is 2.52. The summed E-state index contributed by atoms with van der Waals surface area (Å²) in [6.45, 7) is 5.65. The number of carbonyl (C=O) groups is 3. The molecule has 2 saturated heterocycles. The molecule has 27 heavy (non-hydrogen) atoms. The molecule has 150 valence electrons. The average molecular weight is 417 g/mol. The normalized spacial score (nSPS) is 28.2. The van der Waals surface area contributed by atoms with Crippen LogP contribution in [0.25, 0.3) is 0 Å². The van der Waals surface area contributed by atoms with E-state index in [9.17, 15) is 14.4 Å². The Bertz CT molecular complexity index is 605. The lowest BCUT2D eigenvalue weighted by Crippen LogP contribution is -2.64. The molecule has 0 spiro atoms. The molecule has 0 aromatic carbocycles. The van der Waals surface area contributed by atoms with E-state index < -0.39 is 33.8 Å². The average Bonchev–Trinajstić information content (AvgIpc) is 2.94. The molecule has 2 heterocycles. The molecule has 2 amide bonds. The summed E-state index contributed by atoms with van der Waals surface area (Å²) in [4.78, 5) is 37.8. The molecule has 4 atom stereocenters. The van der Waals surface area contributed by atoms with Crippen LogP contribution < -0.4 is 11.1 Å². The third-order valence-corrected chi connectivity index (χ3v) is 7.34. The number of nitrogens with two attached hydrogens (primary N) is 1. The van der Waals surface area contributed by atoms with Crippen molar-refractivity contribution in [2.24, 2.45) is 5.73 Å². The molecule has 2 fully saturated rings. The molecule has 3 N–H and O–H groups in total. The van der Waals surface area contributed by atoms with Gasteiger partial charge in [-0.2, -0.15) is 0 Å². The number of hydrogen-bond donors (Lipinski definition) is 2. The van der Waals surface area contributed by atoms with E-state index in [1.54, 1.807) is 20.8 Å². The molecular weight excluding hydrogens is 393 g/mol. The zero-order valence-electron chi connectivity index (χ0n) is 15.7. The lowest BCUT2D eigenvalue weighted by atomic mass is 10.1. The standard InChI is InChI=1S/C15H24BN3O6S2/c1-14(2,3)24-13(22)18-8(5-23-4)6-26-15(12(21)25-16)7-19-10(20)9(17)11(19)27-15/h8-9,11H,5-7,17H2,1-4H3,(H,18,22)/t8-,9-,11?,15-/m1/s1. The summed E-state index contributed by atoms with van der Waals surface area (Å²) >= 11 is 2.48. The van der Waals surface area contributed by atoms with E-state index in [0.717, 1.165) is 0 Å². The van der Waals surface area contributed by atoms with Gasteiger partial charge >= 0.3 is 20.1 Å². The Labute approximate surface area is 168 Å². The van der Waals surface area contributed by atoms with E-state index in [2.05, 4.69) is 9.97 Å². The van der Waals surface area contributed by atoms with Crippen LogP contribution in [-0.4, -0.2) is 84.1 Å². The fraction of sp³-hybridized carbons (Fsp3) is 0.800. The number of methoxy groups -OCH3 is 1. The summed E-state index contributed by atoms with van der Waals surface area (Å²) in [6.07, 6.45) is -0.583. The molecule has 2 radical (unpaired) electrons. The number of amides is 2. The van der Waals surface area contributed by atoms with Gasteiger partial charge in [0.2, 0.25) is 5.91 Å². The molecule has 0 bridgehead atoms. The Morgan fingerprint density at radius 1 is 1.52 bits per heavy atom. The number of hydrogen-bond acceptors (Lipinski definition) is 9. The minimum Gasteiger partial charge on any atom is -0.542 e. The first-order valence-corrected chi connectivity index (χ1v) is 10.2. The zero-order valence-corrected chi connectivity index (χ0v) is 17.4. The molecule has 9 nitrogen and oxygen atoms in total. The van der Waals surface area contributed by atoms with Crippen molar-refractivity contribution in [3.05, 3.63) is 0 Å². The Kier molecular flexibility index (Phi) is 6.98. The van der Waals surface area contributed by atoms with Crippen LogP contribution in [-0.2, 0) is 23.7 Å². The number of ether oxygens (including phenoxy) is 2. The maximum Gasteiger partial charge on any atom is 0.407 e. The SMILES string of the molecule is [B]OC(=O)[C@@]1(SC[C@@H](COC)NC(=O)OC(C)(C)C)CN2C(=O)[C@@H](N)C2S1. The number of rotatable bonds is 7. The summed E-state index contributed by atoms with van der Waals surface area (Å²) in [5, 5.41) is 2.44. The summed E-state index contributed by atoms with van der Waals surface area (Å²) in [5.41, 5.74) is 5.16. The van der Waals surface area contributed by atoms with Gasteiger partial charge in [-0.05, 0) is 20.8 Å². The maximum atomic E-state index is 12.3. The maximum absolute atomic E-state index is 12.3. The largest absolute Gasteiger partial charge is 0.542 e. The smallest absolute Gasteiger partial charge is 0.407 e. The highest BCUT2D eigenvalue weighted by atomic mass is 32.2. The van der Waals surface area contributed by atoms with Gasteiger partial charge in [-0.25, -0.2) is 4.79 Å². The van der Waals surface area contributed by atoms with Crippen molar-refractivity contribution in [1.82, 2.24) is 10.2 Å². The fourth-order valence-corrected chi connectivity index (χ4v) is 5.83. The lowest BCUT2D eigenvalue weighted by Gasteiger charge is -2.38. The highest BCUT2D eigenvalue weighted by molar-refractivity contribution is 8.20. The van der Waals surface area contributed by atoms with Crippen LogP contribution in [0.15, 0.2) is 0 Å². The van der Waals surface area contributed by atoms with Crippen LogP contribution in [0.3, 0.4) is 0 Å². The first-order valence-electron chi connectivity index (χ1n) is 8.30. The van der Waals surface area contributed by atoms with Crippen molar-refractivity contribution in [3.8, 4) is 0 Å². The summed E-state index contributed by atoms with van der Waals surface area (Å²) in [5.74, 6) is -0.542. The minimum atomic E-state index is -1.11. The predicted molar refractivity (Wildman–Crippen MR) is 103 cm³/mol. The van der Waals surface area contributed by atoms with Gasteiger partial charge in [-0.3, -0.25) is 9.59 Å². The Morgan fingerprint density at radius 2 is 2.19 bits per heavy atom. The van der Waals surface area contributed by atoms with Crippen LogP contribution >= 0.6 is 23.5 Å². The molecule has 0 aromatic rings. The van der Waals surface area contributed by atoms with Crippen molar-refractivity contribution in [2.45, 2.75) is 47.9 Å². The number of carbonyl (C=O) groups excluding carboxylic acids is 3. The van der Waals surface area contributed by atoms with Gasteiger partial charge in [-0.1, -0.05) is 0 Å². The van der Waals surface area contributed by atoms with Crippen molar-refractivity contribution in [3.63, 3.8) is 0 Å². The van der Waals surface area contributed by atoms with E-state index >= 15 is 0 Å². The lowest BCUT2D eigenvalue weighted by molar-refractivity contribution is -0.144. The number of nitrogens with one attached hydrogen (secondary N) is 1. The van der Waals surface area contributed by atoms with E-state index in [1.807, 2.05) is 0 Å². The van der Waals surface area contributed by atoms with E-state index in [0.29, 0.717) is 5.75 Å². The fourth-order valence-electron chi connectivity index (χ4n) is 2.70. The van der Waals surface area contributed by atoms with Gasteiger partial charge in [-0.15, -0.1) is 23.5 Å². The quantitative estimate of drug-likeness (QED) is 0.430. The van der Waals surface area contributed by atoms with E-state index in [4.69, 9.17) is 23.3 Å². The summed E-state index contributed by atoms with van der Waals surface area (Å²) in [7, 11) is 6.61. The van der Waals surface area contributed by atoms with Crippen LogP contribution in [0.1, 0.15) is 20.8 Å². The van der Waals surface area contributed by atoms with Gasteiger partial charge in [0.1, 0.15) is 17.0 Å². The van der Waals surface area contributed by atoms with Crippen LogP contribution in [0, 0.1) is 0 Å². The Balaban J connectivity index is 2.03. The molecule has 0 aliphatic carbocycles. The first-order chi connectivity index (χ1) is 12.5. The second-order valence-electron chi connectivity index (χ2n) is 7.27. The summed E-state index contributed by atoms with van der Waals surface area (Å²) in [6, 6.07) is -1.06. The van der Waals surface area contributed by atoms with Gasteiger partial charge in [0.15, 0.2) is 4.08 Å². The van der Waals surface area contributed by atoms with Gasteiger partial charge < -0.3 is 30.1 Å². The van der Waals surface area contributed by atoms with Crippen LogP contribution in [0.5, 0.6) is 0 Å². The van der Waals surface area contributed by atoms with Crippen molar-refractivity contribution in [1.29, 1.82) is 0 Å². The molecule has 12 heteroatoms. The molecule has 2 aliphatic heterocycles. The monoisotopic (exact) mass is 417 g/mol. The molecule has 1 unspecified atom stereocenters. The molecular formula is C15H24BN3O6S2.